The predicted octanol–water partition coefficient (Wildman–Crippen LogP) is 4.56. The summed E-state index contributed by atoms with van der Waals surface area (Å²) in [5.41, 5.74) is 2.79. The van der Waals surface area contributed by atoms with E-state index in [-0.39, 0.29) is 0 Å². The van der Waals surface area contributed by atoms with Crippen molar-refractivity contribution in [3.05, 3.63) is 23.4 Å². The van der Waals surface area contributed by atoms with Gasteiger partial charge in [-0.3, -0.25) is 4.90 Å². The van der Waals surface area contributed by atoms with Gasteiger partial charge < -0.3 is 4.90 Å². The summed E-state index contributed by atoms with van der Waals surface area (Å²) in [5, 5.41) is 0. The van der Waals surface area contributed by atoms with Gasteiger partial charge in [-0.15, -0.1) is 0 Å². The molecular formula is C20H33N3. The molecule has 128 valence electrons. The monoisotopic (exact) mass is 315 g/mol. The maximum Gasteiger partial charge on any atom is 0.131 e. The molecule has 1 atom stereocenters. The van der Waals surface area contributed by atoms with Crippen molar-refractivity contribution in [2.45, 2.75) is 65.3 Å². The minimum absolute atomic E-state index is 0.577. The van der Waals surface area contributed by atoms with Crippen LogP contribution in [-0.4, -0.2) is 36.1 Å². The van der Waals surface area contributed by atoms with E-state index in [1.165, 1.54) is 81.6 Å². The first-order chi connectivity index (χ1) is 11.1. The average Bonchev–Trinajstić information content (AvgIpc) is 2.55. The zero-order valence-corrected chi connectivity index (χ0v) is 15.2. The van der Waals surface area contributed by atoms with Gasteiger partial charge in [-0.2, -0.15) is 0 Å². The molecule has 3 heterocycles. The lowest BCUT2D eigenvalue weighted by atomic mass is 9.94. The first kappa shape index (κ1) is 16.8. The Balaban J connectivity index is 1.77. The van der Waals surface area contributed by atoms with Gasteiger partial charge in [0.05, 0.1) is 0 Å². The summed E-state index contributed by atoms with van der Waals surface area (Å²) < 4.78 is 0. The first-order valence-electron chi connectivity index (χ1n) is 9.60. The number of hydrogen-bond acceptors (Lipinski definition) is 3. The van der Waals surface area contributed by atoms with Gasteiger partial charge in [0.25, 0.3) is 0 Å². The highest BCUT2D eigenvalue weighted by Crippen LogP contribution is 2.33. The summed E-state index contributed by atoms with van der Waals surface area (Å²) in [6.45, 7) is 11.7. The number of aromatic nitrogens is 1. The first-order valence-corrected chi connectivity index (χ1v) is 9.60. The van der Waals surface area contributed by atoms with Crippen molar-refractivity contribution in [3.63, 3.8) is 0 Å². The summed E-state index contributed by atoms with van der Waals surface area (Å²) in [5.74, 6) is 1.96. The minimum atomic E-state index is 0.577. The van der Waals surface area contributed by atoms with Crippen LogP contribution in [0.5, 0.6) is 0 Å². The maximum absolute atomic E-state index is 4.89. The van der Waals surface area contributed by atoms with Crippen molar-refractivity contribution in [1.82, 2.24) is 9.88 Å². The Morgan fingerprint density at radius 2 is 1.83 bits per heavy atom. The van der Waals surface area contributed by atoms with Crippen LogP contribution in [0.1, 0.15) is 69.5 Å². The molecule has 0 N–H and O–H groups in total. The van der Waals surface area contributed by atoms with Crippen LogP contribution in [0.3, 0.4) is 0 Å². The SMILES string of the molecule is Cc1cc([C@H]2CCCCN2CC(C)C)cnc1N1CCCCC1. The molecule has 1 aromatic heterocycles. The van der Waals surface area contributed by atoms with Gasteiger partial charge in [-0.25, -0.2) is 4.98 Å². The van der Waals surface area contributed by atoms with Crippen molar-refractivity contribution >= 4 is 5.82 Å². The molecule has 3 nitrogen and oxygen atoms in total. The van der Waals surface area contributed by atoms with Crippen LogP contribution in [0.2, 0.25) is 0 Å². The molecule has 1 aromatic rings. The van der Waals surface area contributed by atoms with E-state index in [9.17, 15) is 0 Å². The van der Waals surface area contributed by atoms with E-state index in [4.69, 9.17) is 4.98 Å². The van der Waals surface area contributed by atoms with Gasteiger partial charge in [0, 0.05) is 31.9 Å². The summed E-state index contributed by atoms with van der Waals surface area (Å²) in [6, 6.07) is 2.99. The molecule has 0 unspecified atom stereocenters. The molecule has 2 saturated heterocycles. The molecule has 3 heteroatoms. The fourth-order valence-corrected chi connectivity index (χ4v) is 4.26. The molecule has 0 saturated carbocycles. The van der Waals surface area contributed by atoms with Gasteiger partial charge in [-0.05, 0) is 68.7 Å². The summed E-state index contributed by atoms with van der Waals surface area (Å²) in [4.78, 5) is 10.1. The highest BCUT2D eigenvalue weighted by atomic mass is 15.2. The van der Waals surface area contributed by atoms with E-state index in [1.54, 1.807) is 0 Å². The third kappa shape index (κ3) is 4.06. The number of hydrogen-bond donors (Lipinski definition) is 0. The lowest BCUT2D eigenvalue weighted by Crippen LogP contribution is -2.36. The molecule has 0 aromatic carbocycles. The summed E-state index contributed by atoms with van der Waals surface area (Å²) in [6.07, 6.45) is 10.2. The van der Waals surface area contributed by atoms with Crippen LogP contribution in [0.15, 0.2) is 12.3 Å². The fourth-order valence-electron chi connectivity index (χ4n) is 4.26. The number of nitrogens with zero attached hydrogens (tertiary/aromatic N) is 3. The van der Waals surface area contributed by atoms with Crippen LogP contribution in [0, 0.1) is 12.8 Å². The molecular weight excluding hydrogens is 282 g/mol. The van der Waals surface area contributed by atoms with Gasteiger partial charge in [-0.1, -0.05) is 20.3 Å². The van der Waals surface area contributed by atoms with Crippen molar-refractivity contribution in [2.24, 2.45) is 5.92 Å². The Hall–Kier alpha value is -1.09. The third-order valence-electron chi connectivity index (χ3n) is 5.33. The minimum Gasteiger partial charge on any atom is -0.356 e. The van der Waals surface area contributed by atoms with Crippen LogP contribution in [-0.2, 0) is 0 Å². The van der Waals surface area contributed by atoms with Crippen molar-refractivity contribution in [1.29, 1.82) is 0 Å². The molecule has 0 aliphatic carbocycles. The van der Waals surface area contributed by atoms with Crippen LogP contribution < -0.4 is 4.90 Å². The van der Waals surface area contributed by atoms with E-state index in [0.717, 1.165) is 5.92 Å². The lowest BCUT2D eigenvalue weighted by Gasteiger charge is -2.37. The molecule has 0 spiro atoms. The molecule has 2 aliphatic rings. The Bertz CT molecular complexity index is 506. The topological polar surface area (TPSA) is 19.4 Å². The molecule has 2 aliphatic heterocycles. The Kier molecular flexibility index (Phi) is 5.58. The second-order valence-corrected chi connectivity index (χ2v) is 7.86. The van der Waals surface area contributed by atoms with Crippen LogP contribution in [0.4, 0.5) is 5.82 Å². The highest BCUT2D eigenvalue weighted by molar-refractivity contribution is 5.48. The molecule has 0 amide bonds. The van der Waals surface area contributed by atoms with Crippen molar-refractivity contribution in [3.8, 4) is 0 Å². The lowest BCUT2D eigenvalue weighted by molar-refractivity contribution is 0.132. The summed E-state index contributed by atoms with van der Waals surface area (Å²) >= 11 is 0. The second-order valence-electron chi connectivity index (χ2n) is 7.86. The second kappa shape index (κ2) is 7.65. The van der Waals surface area contributed by atoms with Crippen LogP contribution in [0.25, 0.3) is 0 Å². The number of rotatable bonds is 4. The highest BCUT2D eigenvalue weighted by Gasteiger charge is 2.25. The zero-order chi connectivity index (χ0) is 16.2. The van der Waals surface area contributed by atoms with Gasteiger partial charge in [0.1, 0.15) is 5.82 Å². The fraction of sp³-hybridized carbons (Fsp3) is 0.750. The molecule has 0 radical (unpaired) electrons. The van der Waals surface area contributed by atoms with Crippen LogP contribution >= 0.6 is 0 Å². The Morgan fingerprint density at radius 1 is 1.09 bits per heavy atom. The normalized spacial score (nSPS) is 23.5. The number of pyridine rings is 1. The Labute approximate surface area is 142 Å². The molecule has 23 heavy (non-hydrogen) atoms. The largest absolute Gasteiger partial charge is 0.356 e. The predicted molar refractivity (Wildman–Crippen MR) is 98.0 cm³/mol. The third-order valence-corrected chi connectivity index (χ3v) is 5.33. The molecule has 2 fully saturated rings. The van der Waals surface area contributed by atoms with Crippen molar-refractivity contribution < 1.29 is 0 Å². The number of piperidine rings is 2. The van der Waals surface area contributed by atoms with Gasteiger partial charge in [0.2, 0.25) is 0 Å². The maximum atomic E-state index is 4.89. The average molecular weight is 316 g/mol. The van der Waals surface area contributed by atoms with Gasteiger partial charge >= 0.3 is 0 Å². The quantitative estimate of drug-likeness (QED) is 0.812. The summed E-state index contributed by atoms with van der Waals surface area (Å²) in [7, 11) is 0. The van der Waals surface area contributed by atoms with E-state index in [2.05, 4.69) is 42.8 Å². The van der Waals surface area contributed by atoms with E-state index < -0.39 is 0 Å². The number of likely N-dealkylation sites (tertiary alicyclic amines) is 1. The number of aryl methyl sites for hydroxylation is 1. The standard InChI is InChI=1S/C20H33N3/c1-16(2)15-23-12-8-5-9-19(23)18-13-17(3)20(21-14-18)22-10-6-4-7-11-22/h13-14,16,19H,4-12,15H2,1-3H3/t19-/m1/s1. The smallest absolute Gasteiger partial charge is 0.131 e. The molecule has 0 bridgehead atoms. The van der Waals surface area contributed by atoms with E-state index >= 15 is 0 Å². The van der Waals surface area contributed by atoms with E-state index in [0.29, 0.717) is 6.04 Å². The Morgan fingerprint density at radius 3 is 2.52 bits per heavy atom. The van der Waals surface area contributed by atoms with Gasteiger partial charge in [0.15, 0.2) is 0 Å². The zero-order valence-electron chi connectivity index (χ0n) is 15.2. The molecule has 3 rings (SSSR count). The van der Waals surface area contributed by atoms with E-state index in [1.807, 2.05) is 0 Å². The number of anilines is 1. The van der Waals surface area contributed by atoms with Crippen molar-refractivity contribution in [2.75, 3.05) is 31.1 Å².